The van der Waals surface area contributed by atoms with Crippen LogP contribution in [0.4, 0.5) is 0 Å². The Morgan fingerprint density at radius 2 is 1.95 bits per heavy atom. The lowest BCUT2D eigenvalue weighted by molar-refractivity contribution is 0.841. The van der Waals surface area contributed by atoms with Crippen LogP contribution in [0.1, 0.15) is 22.6 Å². The molecule has 0 spiro atoms. The molecular weight excluding hydrogens is 258 g/mol. The van der Waals surface area contributed by atoms with Crippen LogP contribution in [0.25, 0.3) is 5.52 Å². The average molecular weight is 279 g/mol. The molecule has 3 rings (SSSR count). The molecule has 0 bridgehead atoms. The summed E-state index contributed by atoms with van der Waals surface area (Å²) in [5, 5.41) is 0. The average Bonchev–Trinajstić information content (AvgIpc) is 2.84. The summed E-state index contributed by atoms with van der Waals surface area (Å²) in [4.78, 5) is 4.80. The maximum absolute atomic E-state index is 5.69. The van der Waals surface area contributed by atoms with Crippen LogP contribution in [-0.2, 0) is 19.3 Å². The van der Waals surface area contributed by atoms with E-state index in [9.17, 15) is 0 Å². The van der Waals surface area contributed by atoms with Crippen molar-refractivity contribution in [3.8, 4) is 0 Å². The van der Waals surface area contributed by atoms with Gasteiger partial charge in [0.1, 0.15) is 5.82 Å². The second-order valence-electron chi connectivity index (χ2n) is 5.46. The number of imidazole rings is 1. The lowest BCUT2D eigenvalue weighted by atomic mass is 10.1. The van der Waals surface area contributed by atoms with Crippen molar-refractivity contribution in [3.63, 3.8) is 0 Å². The number of hydrogen-bond donors (Lipinski definition) is 1. The Kier molecular flexibility index (Phi) is 4.02. The molecule has 1 aromatic carbocycles. The van der Waals surface area contributed by atoms with Gasteiger partial charge in [0.2, 0.25) is 0 Å². The van der Waals surface area contributed by atoms with Gasteiger partial charge in [-0.25, -0.2) is 4.98 Å². The van der Waals surface area contributed by atoms with Crippen molar-refractivity contribution in [2.75, 3.05) is 6.54 Å². The van der Waals surface area contributed by atoms with E-state index in [4.69, 9.17) is 10.7 Å². The predicted octanol–water partition coefficient (Wildman–Crippen LogP) is 2.93. The van der Waals surface area contributed by atoms with E-state index in [1.165, 1.54) is 16.6 Å². The van der Waals surface area contributed by atoms with Crippen LogP contribution < -0.4 is 5.73 Å². The number of aromatic nitrogens is 2. The minimum atomic E-state index is 0.638. The fraction of sp³-hybridized carbons (Fsp3) is 0.278. The van der Waals surface area contributed by atoms with E-state index in [1.54, 1.807) is 0 Å². The Hall–Kier alpha value is -2.13. The number of pyridine rings is 1. The van der Waals surface area contributed by atoms with Gasteiger partial charge >= 0.3 is 0 Å². The Morgan fingerprint density at radius 3 is 2.76 bits per heavy atom. The van der Waals surface area contributed by atoms with Gasteiger partial charge < -0.3 is 10.1 Å². The lowest BCUT2D eigenvalue weighted by Gasteiger charge is -2.03. The number of fused-ring (bicyclic) bond motifs is 1. The molecule has 0 saturated heterocycles. The topological polar surface area (TPSA) is 43.3 Å². The smallest absolute Gasteiger partial charge is 0.113 e. The van der Waals surface area contributed by atoms with Gasteiger partial charge in [0.15, 0.2) is 0 Å². The minimum absolute atomic E-state index is 0.638. The summed E-state index contributed by atoms with van der Waals surface area (Å²) in [5.41, 5.74) is 10.7. The van der Waals surface area contributed by atoms with Crippen LogP contribution in [0.5, 0.6) is 0 Å². The molecule has 2 heterocycles. The largest absolute Gasteiger partial charge is 0.330 e. The Balaban J connectivity index is 1.86. The number of benzene rings is 1. The molecular formula is C18H21N3. The summed E-state index contributed by atoms with van der Waals surface area (Å²) in [7, 11) is 0. The molecule has 3 nitrogen and oxygen atoms in total. The Labute approximate surface area is 125 Å². The minimum Gasteiger partial charge on any atom is -0.330 e. The summed E-state index contributed by atoms with van der Waals surface area (Å²) in [6, 6.07) is 14.9. The quantitative estimate of drug-likeness (QED) is 0.780. The van der Waals surface area contributed by atoms with Crippen molar-refractivity contribution in [2.24, 2.45) is 5.73 Å². The fourth-order valence-electron chi connectivity index (χ4n) is 2.79. The van der Waals surface area contributed by atoms with Gasteiger partial charge in [-0.2, -0.15) is 0 Å². The molecule has 0 unspecified atom stereocenters. The highest BCUT2D eigenvalue weighted by Crippen LogP contribution is 2.15. The lowest BCUT2D eigenvalue weighted by Crippen LogP contribution is -2.03. The predicted molar refractivity (Wildman–Crippen MR) is 86.5 cm³/mol. The van der Waals surface area contributed by atoms with Gasteiger partial charge in [-0.05, 0) is 37.6 Å². The number of nitrogens with zero attached hydrogens (tertiary/aromatic N) is 2. The van der Waals surface area contributed by atoms with Gasteiger partial charge in [0.05, 0.1) is 11.2 Å². The molecule has 0 aliphatic rings. The highest BCUT2D eigenvalue weighted by atomic mass is 15.0. The van der Waals surface area contributed by atoms with Gasteiger partial charge in [0.25, 0.3) is 0 Å². The third kappa shape index (κ3) is 2.98. The molecule has 108 valence electrons. The first kappa shape index (κ1) is 13.8. The second kappa shape index (κ2) is 6.10. The van der Waals surface area contributed by atoms with E-state index < -0.39 is 0 Å². The van der Waals surface area contributed by atoms with E-state index >= 15 is 0 Å². The number of hydrogen-bond acceptors (Lipinski definition) is 2. The third-order valence-corrected chi connectivity index (χ3v) is 3.80. The van der Waals surface area contributed by atoms with Crippen molar-refractivity contribution in [1.82, 2.24) is 9.38 Å². The van der Waals surface area contributed by atoms with Gasteiger partial charge in [-0.3, -0.25) is 0 Å². The summed E-state index contributed by atoms with van der Waals surface area (Å²) < 4.78 is 2.20. The highest BCUT2D eigenvalue weighted by Gasteiger charge is 2.09. The zero-order chi connectivity index (χ0) is 14.7. The van der Waals surface area contributed by atoms with Crippen LogP contribution >= 0.6 is 0 Å². The second-order valence-corrected chi connectivity index (χ2v) is 5.46. The first-order valence-electron chi connectivity index (χ1n) is 7.48. The van der Waals surface area contributed by atoms with Crippen LogP contribution in [-0.4, -0.2) is 15.9 Å². The summed E-state index contributed by atoms with van der Waals surface area (Å²) in [6.07, 6.45) is 4.88. The molecule has 0 aliphatic heterocycles. The van der Waals surface area contributed by atoms with Crippen LogP contribution in [0.2, 0.25) is 0 Å². The summed E-state index contributed by atoms with van der Waals surface area (Å²) >= 11 is 0. The monoisotopic (exact) mass is 279 g/mol. The fourth-order valence-corrected chi connectivity index (χ4v) is 2.79. The molecule has 2 aromatic heterocycles. The number of aryl methyl sites for hydroxylation is 3. The molecule has 0 saturated carbocycles. The Morgan fingerprint density at radius 1 is 1.05 bits per heavy atom. The van der Waals surface area contributed by atoms with Crippen molar-refractivity contribution in [3.05, 3.63) is 71.3 Å². The molecule has 3 heteroatoms. The van der Waals surface area contributed by atoms with E-state index in [0.717, 1.165) is 30.8 Å². The van der Waals surface area contributed by atoms with E-state index in [1.807, 2.05) is 0 Å². The van der Waals surface area contributed by atoms with E-state index in [2.05, 4.69) is 60.0 Å². The molecule has 0 amide bonds. The third-order valence-electron chi connectivity index (χ3n) is 3.80. The maximum Gasteiger partial charge on any atom is 0.113 e. The van der Waals surface area contributed by atoms with Crippen LogP contribution in [0.3, 0.4) is 0 Å². The van der Waals surface area contributed by atoms with Gasteiger partial charge in [0, 0.05) is 19.0 Å². The zero-order valence-electron chi connectivity index (χ0n) is 12.4. The Bertz CT molecular complexity index is 743. The molecule has 0 aliphatic carbocycles. The van der Waals surface area contributed by atoms with Crippen molar-refractivity contribution >= 4 is 5.52 Å². The summed E-state index contributed by atoms with van der Waals surface area (Å²) in [5.74, 6) is 1.12. The van der Waals surface area contributed by atoms with Crippen LogP contribution in [0, 0.1) is 6.92 Å². The standard InChI is InChI=1S/C18H21N3/c1-14-5-4-6-15(13-14)8-9-18-20-16(10-11-19)17-7-2-3-12-21(17)18/h2-7,12-13H,8-11,19H2,1H3. The van der Waals surface area contributed by atoms with E-state index in [-0.39, 0.29) is 0 Å². The highest BCUT2D eigenvalue weighted by molar-refractivity contribution is 5.53. The first-order valence-corrected chi connectivity index (χ1v) is 7.48. The molecule has 0 atom stereocenters. The molecule has 2 N–H and O–H groups in total. The first-order chi connectivity index (χ1) is 10.3. The zero-order valence-corrected chi connectivity index (χ0v) is 12.4. The molecule has 21 heavy (non-hydrogen) atoms. The molecule has 3 aromatic rings. The normalized spacial score (nSPS) is 11.1. The van der Waals surface area contributed by atoms with Crippen molar-refractivity contribution in [1.29, 1.82) is 0 Å². The van der Waals surface area contributed by atoms with Crippen molar-refractivity contribution < 1.29 is 0 Å². The van der Waals surface area contributed by atoms with Crippen LogP contribution in [0.15, 0.2) is 48.7 Å². The molecule has 0 fully saturated rings. The maximum atomic E-state index is 5.69. The SMILES string of the molecule is Cc1cccc(CCc2nc(CCN)c3ccccn23)c1. The summed E-state index contributed by atoms with van der Waals surface area (Å²) in [6.45, 7) is 2.77. The number of rotatable bonds is 5. The number of nitrogens with two attached hydrogens (primary N) is 1. The van der Waals surface area contributed by atoms with Gasteiger partial charge in [-0.1, -0.05) is 35.9 Å². The van der Waals surface area contributed by atoms with Crippen molar-refractivity contribution in [2.45, 2.75) is 26.2 Å². The van der Waals surface area contributed by atoms with Gasteiger partial charge in [-0.15, -0.1) is 0 Å². The molecule has 0 radical (unpaired) electrons. The van der Waals surface area contributed by atoms with E-state index in [0.29, 0.717) is 6.54 Å².